The maximum Gasteiger partial charge on any atom is 0.338 e. The smallest absolute Gasteiger partial charge is 0.338 e. The first kappa shape index (κ1) is 20.6. The Morgan fingerprint density at radius 3 is 2.38 bits per heavy atom. The molecule has 1 rings (SSSR count). The van der Waals surface area contributed by atoms with E-state index in [9.17, 15) is 18.0 Å². The topological polar surface area (TPSA) is 98.8 Å². The SMILES string of the molecule is CCOC(=O)c1ccc(S(=O)(=O)NC(C(=O)OC)C(C)C)c(Br)c1. The summed E-state index contributed by atoms with van der Waals surface area (Å²) in [6.45, 7) is 5.29. The first-order chi connectivity index (χ1) is 11.1. The Labute approximate surface area is 149 Å². The lowest BCUT2D eigenvalue weighted by atomic mass is 10.1. The van der Waals surface area contributed by atoms with E-state index < -0.39 is 28.0 Å². The summed E-state index contributed by atoms with van der Waals surface area (Å²) < 4.78 is 37.1. The number of methoxy groups -OCH3 is 1. The zero-order valence-corrected chi connectivity index (χ0v) is 16.2. The summed E-state index contributed by atoms with van der Waals surface area (Å²) in [6.07, 6.45) is 0. The third kappa shape index (κ3) is 5.02. The van der Waals surface area contributed by atoms with Crippen molar-refractivity contribution in [2.75, 3.05) is 13.7 Å². The summed E-state index contributed by atoms with van der Waals surface area (Å²) in [5.41, 5.74) is 0.219. The fourth-order valence-electron chi connectivity index (χ4n) is 1.87. The quantitative estimate of drug-likeness (QED) is 0.676. The van der Waals surface area contributed by atoms with Gasteiger partial charge in [-0.1, -0.05) is 13.8 Å². The van der Waals surface area contributed by atoms with E-state index in [0.29, 0.717) is 0 Å². The first-order valence-corrected chi connectivity index (χ1v) is 9.48. The summed E-state index contributed by atoms with van der Waals surface area (Å²) in [5.74, 6) is -1.53. The van der Waals surface area contributed by atoms with Crippen molar-refractivity contribution in [3.8, 4) is 0 Å². The number of ether oxygens (including phenoxy) is 2. The number of hydrogen-bond donors (Lipinski definition) is 1. The minimum absolute atomic E-state index is 0.0925. The molecule has 9 heteroatoms. The van der Waals surface area contributed by atoms with E-state index in [1.165, 1.54) is 25.3 Å². The van der Waals surface area contributed by atoms with Gasteiger partial charge in [-0.2, -0.15) is 4.72 Å². The van der Waals surface area contributed by atoms with Crippen LogP contribution in [0.4, 0.5) is 0 Å². The van der Waals surface area contributed by atoms with Crippen LogP contribution in [-0.4, -0.2) is 40.1 Å². The second-order valence-electron chi connectivity index (χ2n) is 5.23. The normalized spacial score (nSPS) is 12.8. The standard InChI is InChI=1S/C15H20BrNO6S/c1-5-23-14(18)10-6-7-12(11(16)8-10)24(20,21)17-13(9(2)3)15(19)22-4/h6-9,13,17H,5H2,1-4H3. The Kier molecular flexibility index (Phi) is 7.37. The average molecular weight is 422 g/mol. The molecule has 7 nitrogen and oxygen atoms in total. The molecule has 1 atom stereocenters. The van der Waals surface area contributed by atoms with E-state index >= 15 is 0 Å². The van der Waals surface area contributed by atoms with Gasteiger partial charge in [-0.15, -0.1) is 0 Å². The van der Waals surface area contributed by atoms with Gasteiger partial charge in [-0.25, -0.2) is 13.2 Å². The molecule has 0 fully saturated rings. The van der Waals surface area contributed by atoms with Gasteiger partial charge in [-0.05, 0) is 47.0 Å². The molecular formula is C15H20BrNO6S. The molecule has 0 radical (unpaired) electrons. The second-order valence-corrected chi connectivity index (χ2v) is 7.77. The third-order valence-electron chi connectivity index (χ3n) is 3.14. The van der Waals surface area contributed by atoms with Crippen LogP contribution in [0.15, 0.2) is 27.6 Å². The van der Waals surface area contributed by atoms with Crippen molar-refractivity contribution in [1.82, 2.24) is 4.72 Å². The molecule has 0 aliphatic heterocycles. The van der Waals surface area contributed by atoms with Crippen molar-refractivity contribution in [2.45, 2.75) is 31.7 Å². The van der Waals surface area contributed by atoms with Gasteiger partial charge in [0.1, 0.15) is 6.04 Å². The molecule has 0 bridgehead atoms. The molecule has 0 aromatic heterocycles. The van der Waals surface area contributed by atoms with E-state index in [4.69, 9.17) is 4.74 Å². The van der Waals surface area contributed by atoms with E-state index in [1.54, 1.807) is 20.8 Å². The van der Waals surface area contributed by atoms with Crippen molar-refractivity contribution in [1.29, 1.82) is 0 Å². The Bertz CT molecular complexity index is 717. The number of halogens is 1. The number of hydrogen-bond acceptors (Lipinski definition) is 6. The van der Waals surface area contributed by atoms with Gasteiger partial charge in [-0.3, -0.25) is 4.79 Å². The average Bonchev–Trinajstić information content (AvgIpc) is 2.51. The van der Waals surface area contributed by atoms with E-state index in [1.807, 2.05) is 0 Å². The number of carbonyl (C=O) groups excluding carboxylic acids is 2. The van der Waals surface area contributed by atoms with Gasteiger partial charge in [0, 0.05) is 4.47 Å². The number of sulfonamides is 1. The molecule has 1 unspecified atom stereocenters. The van der Waals surface area contributed by atoms with Crippen molar-refractivity contribution >= 4 is 37.9 Å². The lowest BCUT2D eigenvalue weighted by Gasteiger charge is -2.20. The highest BCUT2D eigenvalue weighted by Crippen LogP contribution is 2.24. The van der Waals surface area contributed by atoms with E-state index in [0.717, 1.165) is 0 Å². The Morgan fingerprint density at radius 2 is 1.92 bits per heavy atom. The minimum Gasteiger partial charge on any atom is -0.468 e. The molecule has 0 aliphatic carbocycles. The molecule has 134 valence electrons. The van der Waals surface area contributed by atoms with Gasteiger partial charge < -0.3 is 9.47 Å². The van der Waals surface area contributed by atoms with Gasteiger partial charge in [0.05, 0.1) is 24.2 Å². The molecule has 1 aromatic carbocycles. The minimum atomic E-state index is -3.99. The number of nitrogens with one attached hydrogen (secondary N) is 1. The summed E-state index contributed by atoms with van der Waals surface area (Å²) in [6, 6.07) is 2.96. The van der Waals surface area contributed by atoms with Crippen molar-refractivity contribution in [3.05, 3.63) is 28.2 Å². The molecule has 1 N–H and O–H groups in total. The zero-order chi connectivity index (χ0) is 18.5. The monoisotopic (exact) mass is 421 g/mol. The Balaban J connectivity index is 3.15. The summed E-state index contributed by atoms with van der Waals surface area (Å²) in [7, 11) is -2.80. The Hall–Kier alpha value is -1.45. The van der Waals surface area contributed by atoms with Crippen LogP contribution >= 0.6 is 15.9 Å². The summed E-state index contributed by atoms with van der Waals surface area (Å²) in [5, 5.41) is 0. The summed E-state index contributed by atoms with van der Waals surface area (Å²) in [4.78, 5) is 23.3. The number of benzene rings is 1. The van der Waals surface area contributed by atoms with E-state index in [-0.39, 0.29) is 27.5 Å². The van der Waals surface area contributed by atoms with Crippen LogP contribution in [0, 0.1) is 5.92 Å². The van der Waals surface area contributed by atoms with Crippen molar-refractivity contribution < 1.29 is 27.5 Å². The maximum absolute atomic E-state index is 12.5. The highest BCUT2D eigenvalue weighted by molar-refractivity contribution is 9.10. The zero-order valence-electron chi connectivity index (χ0n) is 13.8. The highest BCUT2D eigenvalue weighted by atomic mass is 79.9. The molecule has 0 heterocycles. The molecule has 0 aliphatic rings. The number of rotatable bonds is 7. The predicted molar refractivity (Wildman–Crippen MR) is 91.1 cm³/mol. The van der Waals surface area contributed by atoms with Crippen LogP contribution in [0.1, 0.15) is 31.1 Å². The molecule has 0 saturated heterocycles. The van der Waals surface area contributed by atoms with Gasteiger partial charge in [0.15, 0.2) is 0 Å². The fourth-order valence-corrected chi connectivity index (χ4v) is 4.28. The summed E-state index contributed by atoms with van der Waals surface area (Å²) >= 11 is 3.14. The molecule has 0 spiro atoms. The molecule has 0 saturated carbocycles. The number of esters is 2. The van der Waals surface area contributed by atoms with Crippen LogP contribution in [0.5, 0.6) is 0 Å². The molecular weight excluding hydrogens is 402 g/mol. The largest absolute Gasteiger partial charge is 0.468 e. The van der Waals surface area contributed by atoms with Crippen LogP contribution in [-0.2, 0) is 24.3 Å². The predicted octanol–water partition coefficient (Wildman–Crippen LogP) is 2.10. The third-order valence-corrected chi connectivity index (χ3v) is 5.55. The van der Waals surface area contributed by atoms with Crippen molar-refractivity contribution in [2.24, 2.45) is 5.92 Å². The first-order valence-electron chi connectivity index (χ1n) is 7.20. The van der Waals surface area contributed by atoms with Gasteiger partial charge in [0.25, 0.3) is 0 Å². The van der Waals surface area contributed by atoms with Crippen LogP contribution in [0.2, 0.25) is 0 Å². The lowest BCUT2D eigenvalue weighted by molar-refractivity contribution is -0.143. The molecule has 0 amide bonds. The fraction of sp³-hybridized carbons (Fsp3) is 0.467. The molecule has 1 aromatic rings. The van der Waals surface area contributed by atoms with Gasteiger partial charge >= 0.3 is 11.9 Å². The van der Waals surface area contributed by atoms with Crippen LogP contribution in [0.3, 0.4) is 0 Å². The van der Waals surface area contributed by atoms with Crippen LogP contribution in [0.25, 0.3) is 0 Å². The van der Waals surface area contributed by atoms with E-state index in [2.05, 4.69) is 25.4 Å². The van der Waals surface area contributed by atoms with Gasteiger partial charge in [0.2, 0.25) is 10.0 Å². The highest BCUT2D eigenvalue weighted by Gasteiger charge is 2.30. The van der Waals surface area contributed by atoms with Crippen molar-refractivity contribution in [3.63, 3.8) is 0 Å². The Morgan fingerprint density at radius 1 is 1.29 bits per heavy atom. The lowest BCUT2D eigenvalue weighted by Crippen LogP contribution is -2.45. The molecule has 24 heavy (non-hydrogen) atoms. The van der Waals surface area contributed by atoms with Crippen LogP contribution < -0.4 is 4.72 Å². The number of carbonyl (C=O) groups is 2. The maximum atomic E-state index is 12.5. The second kappa shape index (κ2) is 8.59.